The van der Waals surface area contributed by atoms with Crippen LogP contribution in [0.3, 0.4) is 0 Å². The van der Waals surface area contributed by atoms with Crippen LogP contribution in [0.5, 0.6) is 0 Å². The number of carbonyl (C=O) groups excluding carboxylic acids is 1. The van der Waals surface area contributed by atoms with Crippen LogP contribution in [-0.2, 0) is 24.8 Å². The van der Waals surface area contributed by atoms with Gasteiger partial charge >= 0.3 is 0 Å². The molecule has 1 fully saturated rings. The second-order valence-electron chi connectivity index (χ2n) is 9.93. The fourth-order valence-corrected chi connectivity index (χ4v) is 6.74. The minimum Gasteiger partial charge on any atom is -0.511 e. The Labute approximate surface area is 206 Å². The highest BCUT2D eigenvalue weighted by molar-refractivity contribution is 7.92. The van der Waals surface area contributed by atoms with Crippen molar-refractivity contribution in [2.75, 3.05) is 16.3 Å². The van der Waals surface area contributed by atoms with E-state index in [-0.39, 0.29) is 51.9 Å². The summed E-state index contributed by atoms with van der Waals surface area (Å²) in [5, 5.41) is 13.8. The predicted molar refractivity (Wildman–Crippen MR) is 134 cm³/mol. The molecule has 1 saturated carbocycles. The molecule has 3 aliphatic rings. The van der Waals surface area contributed by atoms with Gasteiger partial charge in [0, 0.05) is 24.2 Å². The molecule has 192 valence electrons. The van der Waals surface area contributed by atoms with Crippen LogP contribution in [0.4, 0.5) is 11.4 Å². The monoisotopic (exact) mass is 524 g/mol. The lowest BCUT2D eigenvalue weighted by atomic mass is 9.91. The molecule has 1 atom stereocenters. The number of sulfonamides is 2. The van der Waals surface area contributed by atoms with Gasteiger partial charge in [-0.25, -0.2) is 8.42 Å². The van der Waals surface area contributed by atoms with Gasteiger partial charge in [0.05, 0.1) is 11.9 Å². The van der Waals surface area contributed by atoms with Crippen molar-refractivity contribution < 1.29 is 26.7 Å². The number of nitrogens with one attached hydrogen (secondary N) is 2. The van der Waals surface area contributed by atoms with Crippen molar-refractivity contribution in [1.29, 1.82) is 0 Å². The van der Waals surface area contributed by atoms with Crippen LogP contribution < -0.4 is 10.0 Å². The van der Waals surface area contributed by atoms with E-state index in [1.165, 1.54) is 18.2 Å². The number of hydrogen-bond donors (Lipinski definition) is 3. The van der Waals surface area contributed by atoms with Crippen molar-refractivity contribution in [2.45, 2.75) is 75.8 Å². The number of rotatable bonds is 7. The van der Waals surface area contributed by atoms with Gasteiger partial charge in [-0.15, -0.1) is 4.40 Å². The second kappa shape index (κ2) is 9.45. The van der Waals surface area contributed by atoms with Gasteiger partial charge in [-0.05, 0) is 49.8 Å². The molecule has 0 radical (unpaired) electrons. The highest BCUT2D eigenvalue weighted by atomic mass is 32.2. The van der Waals surface area contributed by atoms with Crippen molar-refractivity contribution in [3.8, 4) is 0 Å². The Morgan fingerprint density at radius 2 is 1.94 bits per heavy atom. The lowest BCUT2D eigenvalue weighted by Crippen LogP contribution is -2.52. The minimum atomic E-state index is -4.26. The summed E-state index contributed by atoms with van der Waals surface area (Å²) in [5.74, 6) is -0.335. The number of hydrogen-bond acceptors (Lipinski definition) is 7. The summed E-state index contributed by atoms with van der Waals surface area (Å²) in [6.07, 6.45) is 6.70. The molecule has 10 nitrogen and oxygen atoms in total. The van der Waals surface area contributed by atoms with Crippen LogP contribution in [-0.4, -0.2) is 56.9 Å². The number of aliphatic hydroxyl groups is 1. The third-order valence-electron chi connectivity index (χ3n) is 6.62. The van der Waals surface area contributed by atoms with Crippen LogP contribution in [0.1, 0.15) is 58.8 Å². The van der Waals surface area contributed by atoms with E-state index in [0.717, 1.165) is 44.8 Å². The molecule has 1 unspecified atom stereocenters. The summed E-state index contributed by atoms with van der Waals surface area (Å²) in [7, 11) is -7.87. The zero-order chi connectivity index (χ0) is 25.5. The molecule has 2 aliphatic heterocycles. The summed E-state index contributed by atoms with van der Waals surface area (Å²) in [6, 6.07) is 3.90. The lowest BCUT2D eigenvalue weighted by Gasteiger charge is -2.41. The van der Waals surface area contributed by atoms with Crippen molar-refractivity contribution >= 4 is 43.2 Å². The van der Waals surface area contributed by atoms with E-state index in [2.05, 4.69) is 28.3 Å². The SMILES string of the molecule is CC(C)CCC1CC(O)=C(C2=NS(=O)(=O)c3cc(NS(C)(=O)=O)ccc3N2)C(=O)N1C1CCCC1. The molecule has 2 heterocycles. The van der Waals surface area contributed by atoms with Gasteiger partial charge in [-0.1, -0.05) is 26.7 Å². The molecule has 4 rings (SSSR count). The summed E-state index contributed by atoms with van der Waals surface area (Å²) in [4.78, 5) is 15.3. The summed E-state index contributed by atoms with van der Waals surface area (Å²) < 4.78 is 55.1. The number of benzene rings is 1. The molecule has 1 amide bonds. The van der Waals surface area contributed by atoms with Gasteiger partial charge in [0.25, 0.3) is 15.9 Å². The Bertz CT molecular complexity index is 1300. The Morgan fingerprint density at radius 3 is 2.57 bits per heavy atom. The van der Waals surface area contributed by atoms with Gasteiger partial charge in [-0.2, -0.15) is 8.42 Å². The first-order chi connectivity index (χ1) is 16.4. The van der Waals surface area contributed by atoms with Crippen LogP contribution in [0.15, 0.2) is 38.8 Å². The average molecular weight is 525 g/mol. The number of anilines is 2. The van der Waals surface area contributed by atoms with E-state index in [1.807, 2.05) is 4.90 Å². The van der Waals surface area contributed by atoms with Crippen LogP contribution in [0, 0.1) is 5.92 Å². The van der Waals surface area contributed by atoms with E-state index >= 15 is 0 Å². The van der Waals surface area contributed by atoms with Crippen molar-refractivity contribution in [1.82, 2.24) is 4.90 Å². The molecule has 0 spiro atoms. The fraction of sp³-hybridized carbons (Fsp3) is 0.565. The quantitative estimate of drug-likeness (QED) is 0.496. The maximum atomic E-state index is 13.7. The molecule has 12 heteroatoms. The molecular formula is C23H32N4O6S2. The van der Waals surface area contributed by atoms with Crippen molar-refractivity contribution in [3.63, 3.8) is 0 Å². The average Bonchev–Trinajstić information content (AvgIpc) is 3.25. The van der Waals surface area contributed by atoms with Crippen LogP contribution in [0.2, 0.25) is 0 Å². The highest BCUT2D eigenvalue weighted by Crippen LogP contribution is 2.37. The maximum absolute atomic E-state index is 13.7. The maximum Gasteiger partial charge on any atom is 0.286 e. The second-order valence-corrected chi connectivity index (χ2v) is 13.2. The minimum absolute atomic E-state index is 0.0560. The Kier molecular flexibility index (Phi) is 6.89. The van der Waals surface area contributed by atoms with Crippen molar-refractivity contribution in [2.24, 2.45) is 10.3 Å². The van der Waals surface area contributed by atoms with E-state index in [1.54, 1.807) is 0 Å². The van der Waals surface area contributed by atoms with E-state index in [4.69, 9.17) is 0 Å². The van der Waals surface area contributed by atoms with Gasteiger partial charge in [0.15, 0.2) is 5.84 Å². The fourth-order valence-electron chi connectivity index (χ4n) is 5.04. The molecule has 35 heavy (non-hydrogen) atoms. The first kappa shape index (κ1) is 25.5. The van der Waals surface area contributed by atoms with Gasteiger partial charge < -0.3 is 15.3 Å². The van der Waals surface area contributed by atoms with E-state index < -0.39 is 26.0 Å². The number of nitrogens with zero attached hydrogens (tertiary/aromatic N) is 2. The Balaban J connectivity index is 1.70. The molecule has 1 aromatic rings. The molecule has 1 aromatic carbocycles. The summed E-state index contributed by atoms with van der Waals surface area (Å²) in [5.41, 5.74) is 0.105. The smallest absolute Gasteiger partial charge is 0.286 e. The summed E-state index contributed by atoms with van der Waals surface area (Å²) in [6.45, 7) is 4.23. The molecule has 3 N–H and O–H groups in total. The third kappa shape index (κ3) is 5.48. The van der Waals surface area contributed by atoms with E-state index in [0.29, 0.717) is 5.92 Å². The van der Waals surface area contributed by atoms with Gasteiger partial charge in [0.1, 0.15) is 16.2 Å². The van der Waals surface area contributed by atoms with Crippen molar-refractivity contribution in [3.05, 3.63) is 29.5 Å². The molecule has 0 aromatic heterocycles. The first-order valence-corrected chi connectivity index (χ1v) is 15.2. The van der Waals surface area contributed by atoms with Crippen LogP contribution >= 0.6 is 0 Å². The first-order valence-electron chi connectivity index (χ1n) is 11.8. The largest absolute Gasteiger partial charge is 0.511 e. The number of amides is 1. The standard InChI is InChI=1S/C23H32N4O6S2/c1-14(2)8-10-17-13-19(28)21(23(29)27(17)16-6-4-5-7-16)22-24-18-11-9-15(25-34(3,30)31)12-20(18)35(32,33)26-22/h9,11-12,14,16-17,25,28H,4-8,10,13H2,1-3H3,(H,24,26). The van der Waals surface area contributed by atoms with Gasteiger partial charge in [-0.3, -0.25) is 9.52 Å². The lowest BCUT2D eigenvalue weighted by molar-refractivity contribution is -0.133. The molecule has 1 aliphatic carbocycles. The number of amidine groups is 1. The molecule has 0 saturated heterocycles. The topological polar surface area (TPSA) is 145 Å². The molecular weight excluding hydrogens is 492 g/mol. The summed E-state index contributed by atoms with van der Waals surface area (Å²) >= 11 is 0. The van der Waals surface area contributed by atoms with E-state index in [9.17, 15) is 26.7 Å². The van der Waals surface area contributed by atoms with Crippen LogP contribution in [0.25, 0.3) is 0 Å². The molecule has 0 bridgehead atoms. The zero-order valence-corrected chi connectivity index (χ0v) is 21.7. The zero-order valence-electron chi connectivity index (χ0n) is 20.1. The predicted octanol–water partition coefficient (Wildman–Crippen LogP) is 3.36. The Morgan fingerprint density at radius 1 is 1.26 bits per heavy atom. The number of carbonyl (C=O) groups is 1. The number of fused-ring (bicyclic) bond motifs is 1. The normalized spacial score (nSPS) is 22.7. The Hall–Kier alpha value is -2.60. The third-order valence-corrected chi connectivity index (χ3v) is 8.54. The highest BCUT2D eigenvalue weighted by Gasteiger charge is 2.42. The number of aliphatic hydroxyl groups excluding tert-OH is 1. The van der Waals surface area contributed by atoms with Gasteiger partial charge in [0.2, 0.25) is 10.0 Å².